The van der Waals surface area contributed by atoms with Crippen LogP contribution in [0.1, 0.15) is 48.1 Å². The molecule has 1 nitrogen and oxygen atoms in total. The molecule has 3 aromatic rings. The molecule has 1 aliphatic carbocycles. The molecule has 0 saturated carbocycles. The normalized spacial score (nSPS) is 15.3. The summed E-state index contributed by atoms with van der Waals surface area (Å²) in [4.78, 5) is 4.55. The van der Waals surface area contributed by atoms with Gasteiger partial charge in [0.25, 0.3) is 0 Å². The number of unbranched alkanes of at least 4 members (excludes halogenated alkanes) is 1. The summed E-state index contributed by atoms with van der Waals surface area (Å²) in [6, 6.07) is 21.9. The van der Waals surface area contributed by atoms with Gasteiger partial charge in [-0.2, -0.15) is 0 Å². The second kappa shape index (κ2) is 7.06. The fourth-order valence-electron chi connectivity index (χ4n) is 3.64. The van der Waals surface area contributed by atoms with Gasteiger partial charge in [0, 0.05) is 12.1 Å². The van der Waals surface area contributed by atoms with Crippen LogP contribution in [0.15, 0.2) is 72.9 Å². The quantitative estimate of drug-likeness (QED) is 0.540. The summed E-state index contributed by atoms with van der Waals surface area (Å²) < 4.78 is 0. The molecule has 0 bridgehead atoms. The molecule has 0 fully saturated rings. The minimum absolute atomic E-state index is 0.264. The van der Waals surface area contributed by atoms with Crippen molar-refractivity contribution in [1.82, 2.24) is 4.98 Å². The van der Waals surface area contributed by atoms with Crippen LogP contribution in [0.4, 0.5) is 0 Å². The number of fused-ring (bicyclic) bond motifs is 1. The maximum atomic E-state index is 4.55. The predicted octanol–water partition coefficient (Wildman–Crippen LogP) is 6.25. The van der Waals surface area contributed by atoms with Crippen LogP contribution < -0.4 is 0 Å². The van der Waals surface area contributed by atoms with Crippen molar-refractivity contribution < 1.29 is 0 Å². The third kappa shape index (κ3) is 3.15. The van der Waals surface area contributed by atoms with Crippen LogP contribution >= 0.6 is 0 Å². The van der Waals surface area contributed by atoms with E-state index in [2.05, 4.69) is 78.7 Å². The second-order valence-electron chi connectivity index (χ2n) is 6.70. The van der Waals surface area contributed by atoms with Gasteiger partial charge >= 0.3 is 0 Å². The van der Waals surface area contributed by atoms with E-state index in [0.717, 1.165) is 5.69 Å². The van der Waals surface area contributed by atoms with E-state index in [1.807, 2.05) is 12.3 Å². The second-order valence-corrected chi connectivity index (χ2v) is 6.70. The summed E-state index contributed by atoms with van der Waals surface area (Å²) in [5.74, 6) is 0.264. The third-order valence-electron chi connectivity index (χ3n) is 5.02. The summed E-state index contributed by atoms with van der Waals surface area (Å²) >= 11 is 0. The zero-order valence-electron chi connectivity index (χ0n) is 14.7. The van der Waals surface area contributed by atoms with Crippen molar-refractivity contribution in [2.75, 3.05) is 0 Å². The Balaban J connectivity index is 1.67. The molecule has 25 heavy (non-hydrogen) atoms. The summed E-state index contributed by atoms with van der Waals surface area (Å²) in [5.41, 5.74) is 7.84. The van der Waals surface area contributed by atoms with E-state index in [1.54, 1.807) is 0 Å². The van der Waals surface area contributed by atoms with Crippen LogP contribution in [0.5, 0.6) is 0 Å². The minimum Gasteiger partial charge on any atom is -0.260 e. The molecule has 1 aromatic heterocycles. The van der Waals surface area contributed by atoms with Crippen LogP contribution in [0.3, 0.4) is 0 Å². The number of aromatic nitrogens is 1. The molecule has 0 spiro atoms. The lowest BCUT2D eigenvalue weighted by Gasteiger charge is -2.13. The first-order valence-electron chi connectivity index (χ1n) is 9.18. The number of hydrogen-bond donors (Lipinski definition) is 0. The molecular weight excluding hydrogens is 302 g/mol. The Hall–Kier alpha value is -2.67. The lowest BCUT2D eigenvalue weighted by Crippen LogP contribution is -1.99. The molecule has 0 aliphatic heterocycles. The minimum atomic E-state index is 0.264. The Labute approximate surface area is 150 Å². The van der Waals surface area contributed by atoms with Gasteiger partial charge in [-0.05, 0) is 52.8 Å². The number of benzene rings is 2. The smallest absolute Gasteiger partial charge is 0.0516 e. The van der Waals surface area contributed by atoms with Crippen LogP contribution in [0.25, 0.3) is 17.2 Å². The van der Waals surface area contributed by atoms with Crippen molar-refractivity contribution in [1.29, 1.82) is 0 Å². The van der Waals surface area contributed by atoms with Crippen molar-refractivity contribution in [2.24, 2.45) is 0 Å². The lowest BCUT2D eigenvalue weighted by molar-refractivity contribution is 0.795. The Morgan fingerprint density at radius 2 is 1.80 bits per heavy atom. The van der Waals surface area contributed by atoms with Gasteiger partial charge in [0.1, 0.15) is 0 Å². The molecule has 124 valence electrons. The zero-order valence-corrected chi connectivity index (χ0v) is 14.7. The molecular formula is C24H23N. The molecule has 2 aromatic carbocycles. The van der Waals surface area contributed by atoms with E-state index in [1.165, 1.54) is 47.1 Å². The summed E-state index contributed by atoms with van der Waals surface area (Å²) in [6.07, 6.45) is 10.1. The molecule has 1 atom stereocenters. The Bertz CT molecular complexity index is 876. The highest BCUT2D eigenvalue weighted by molar-refractivity contribution is 5.81. The number of nitrogens with zero attached hydrogens (tertiary/aromatic N) is 1. The maximum Gasteiger partial charge on any atom is 0.0516 e. The highest BCUT2D eigenvalue weighted by Crippen LogP contribution is 2.39. The number of pyridine rings is 1. The number of rotatable bonds is 5. The van der Waals surface area contributed by atoms with Crippen molar-refractivity contribution >= 4 is 6.08 Å². The summed E-state index contributed by atoms with van der Waals surface area (Å²) in [6.45, 7) is 2.24. The van der Waals surface area contributed by atoms with Gasteiger partial charge < -0.3 is 0 Å². The maximum absolute atomic E-state index is 4.55. The SMILES string of the molecule is CCCCc1ccc(-c2cccc3c2C=CC3c2ccccn2)cc1. The van der Waals surface area contributed by atoms with Gasteiger partial charge in [0.2, 0.25) is 0 Å². The van der Waals surface area contributed by atoms with Crippen LogP contribution in [0.2, 0.25) is 0 Å². The molecule has 0 saturated heterocycles. The van der Waals surface area contributed by atoms with Crippen LogP contribution in [-0.4, -0.2) is 4.98 Å². The van der Waals surface area contributed by atoms with E-state index in [-0.39, 0.29) is 5.92 Å². The first-order valence-corrected chi connectivity index (χ1v) is 9.18. The largest absolute Gasteiger partial charge is 0.260 e. The van der Waals surface area contributed by atoms with E-state index in [0.29, 0.717) is 0 Å². The van der Waals surface area contributed by atoms with Gasteiger partial charge in [-0.3, -0.25) is 4.98 Å². The standard InChI is InChI=1S/C24H23N/c1-2-3-7-18-11-13-19(14-12-18)20-8-6-9-21-22(20)15-16-23(21)24-10-4-5-17-25-24/h4-6,8-17,23H,2-3,7H2,1H3. The van der Waals surface area contributed by atoms with E-state index in [9.17, 15) is 0 Å². The zero-order chi connectivity index (χ0) is 17.1. The van der Waals surface area contributed by atoms with Crippen molar-refractivity contribution in [3.8, 4) is 11.1 Å². The number of aryl methyl sites for hydroxylation is 1. The van der Waals surface area contributed by atoms with Crippen molar-refractivity contribution in [2.45, 2.75) is 32.1 Å². The van der Waals surface area contributed by atoms with E-state index >= 15 is 0 Å². The first kappa shape index (κ1) is 15.8. The van der Waals surface area contributed by atoms with Crippen molar-refractivity contribution in [3.05, 3.63) is 95.3 Å². The fraction of sp³-hybridized carbons (Fsp3) is 0.208. The highest BCUT2D eigenvalue weighted by Gasteiger charge is 2.22. The Morgan fingerprint density at radius 3 is 2.56 bits per heavy atom. The van der Waals surface area contributed by atoms with Gasteiger partial charge in [-0.15, -0.1) is 0 Å². The van der Waals surface area contributed by atoms with Crippen molar-refractivity contribution in [3.63, 3.8) is 0 Å². The van der Waals surface area contributed by atoms with Gasteiger partial charge in [-0.25, -0.2) is 0 Å². The molecule has 0 N–H and O–H groups in total. The van der Waals surface area contributed by atoms with Gasteiger partial charge in [-0.1, -0.05) is 74.0 Å². The topological polar surface area (TPSA) is 12.9 Å². The average molecular weight is 325 g/mol. The number of hydrogen-bond acceptors (Lipinski definition) is 1. The van der Waals surface area contributed by atoms with Gasteiger partial charge in [0.15, 0.2) is 0 Å². The molecule has 4 rings (SSSR count). The van der Waals surface area contributed by atoms with E-state index < -0.39 is 0 Å². The Morgan fingerprint density at radius 1 is 0.920 bits per heavy atom. The molecule has 1 heterocycles. The molecule has 0 radical (unpaired) electrons. The molecule has 0 amide bonds. The summed E-state index contributed by atoms with van der Waals surface area (Å²) in [5, 5.41) is 0. The average Bonchev–Trinajstić information content (AvgIpc) is 3.12. The highest BCUT2D eigenvalue weighted by atomic mass is 14.7. The number of allylic oxidation sites excluding steroid dienone is 1. The molecule has 1 heteroatoms. The van der Waals surface area contributed by atoms with Gasteiger partial charge in [0.05, 0.1) is 5.69 Å². The molecule has 1 aliphatic rings. The monoisotopic (exact) mass is 325 g/mol. The Kier molecular flexibility index (Phi) is 4.47. The van der Waals surface area contributed by atoms with E-state index in [4.69, 9.17) is 0 Å². The first-order chi connectivity index (χ1) is 12.4. The lowest BCUT2D eigenvalue weighted by atomic mass is 9.91. The summed E-state index contributed by atoms with van der Waals surface area (Å²) in [7, 11) is 0. The third-order valence-corrected chi connectivity index (χ3v) is 5.02. The predicted molar refractivity (Wildman–Crippen MR) is 106 cm³/mol. The van der Waals surface area contributed by atoms with Crippen LogP contribution in [-0.2, 0) is 6.42 Å². The molecule has 1 unspecified atom stereocenters. The fourth-order valence-corrected chi connectivity index (χ4v) is 3.64. The van der Waals surface area contributed by atoms with Crippen LogP contribution in [0, 0.1) is 0 Å².